The Labute approximate surface area is 125 Å². The average Bonchev–Trinajstić information content (AvgIpc) is 2.92. The van der Waals surface area contributed by atoms with Crippen LogP contribution in [0.4, 0.5) is 0 Å². The van der Waals surface area contributed by atoms with Gasteiger partial charge >= 0.3 is 5.97 Å². The van der Waals surface area contributed by atoms with E-state index in [-0.39, 0.29) is 5.92 Å². The number of carboxylic acid groups (broad SMARTS) is 1. The van der Waals surface area contributed by atoms with Crippen molar-refractivity contribution in [3.63, 3.8) is 0 Å². The zero-order valence-electron chi connectivity index (χ0n) is 12.5. The predicted molar refractivity (Wildman–Crippen MR) is 80.7 cm³/mol. The minimum absolute atomic E-state index is 0.206. The van der Waals surface area contributed by atoms with Crippen molar-refractivity contribution in [2.24, 2.45) is 11.8 Å². The fourth-order valence-electron chi connectivity index (χ4n) is 3.51. The molecule has 0 aliphatic carbocycles. The van der Waals surface area contributed by atoms with Gasteiger partial charge in [0.05, 0.1) is 12.5 Å². The maximum Gasteiger partial charge on any atom is 0.307 e. The minimum Gasteiger partial charge on any atom is -0.493 e. The van der Waals surface area contributed by atoms with Crippen LogP contribution in [-0.4, -0.2) is 42.2 Å². The molecule has 2 aliphatic rings. The van der Waals surface area contributed by atoms with Gasteiger partial charge in [0.1, 0.15) is 5.75 Å². The SMILES string of the molecule is CC1CC(C(=O)O)CN(CCc2ccc3c(c2)CCO3)C1. The van der Waals surface area contributed by atoms with Crippen LogP contribution in [0.3, 0.4) is 0 Å². The van der Waals surface area contributed by atoms with E-state index in [0.717, 1.165) is 44.7 Å². The lowest BCUT2D eigenvalue weighted by Gasteiger charge is -2.34. The number of aliphatic carboxylic acids is 1. The normalized spacial score (nSPS) is 25.4. The van der Waals surface area contributed by atoms with Gasteiger partial charge in [-0.05, 0) is 36.0 Å². The molecule has 21 heavy (non-hydrogen) atoms. The molecule has 4 heteroatoms. The van der Waals surface area contributed by atoms with Crippen LogP contribution in [0, 0.1) is 11.8 Å². The highest BCUT2D eigenvalue weighted by atomic mass is 16.5. The van der Waals surface area contributed by atoms with Gasteiger partial charge in [-0.1, -0.05) is 19.1 Å². The van der Waals surface area contributed by atoms with Crippen molar-refractivity contribution in [3.05, 3.63) is 29.3 Å². The van der Waals surface area contributed by atoms with E-state index in [1.807, 2.05) is 0 Å². The quantitative estimate of drug-likeness (QED) is 0.923. The molecule has 1 fully saturated rings. The largest absolute Gasteiger partial charge is 0.493 e. The van der Waals surface area contributed by atoms with Gasteiger partial charge in [0, 0.05) is 26.1 Å². The topological polar surface area (TPSA) is 49.8 Å². The smallest absolute Gasteiger partial charge is 0.307 e. The number of ether oxygens (including phenoxy) is 1. The van der Waals surface area contributed by atoms with Crippen molar-refractivity contribution in [2.45, 2.75) is 26.2 Å². The van der Waals surface area contributed by atoms with Crippen LogP contribution >= 0.6 is 0 Å². The Hall–Kier alpha value is -1.55. The van der Waals surface area contributed by atoms with Gasteiger partial charge in [-0.2, -0.15) is 0 Å². The molecule has 2 heterocycles. The first-order valence-corrected chi connectivity index (χ1v) is 7.81. The number of carboxylic acids is 1. The van der Waals surface area contributed by atoms with E-state index in [4.69, 9.17) is 4.74 Å². The maximum absolute atomic E-state index is 11.2. The third kappa shape index (κ3) is 3.38. The first-order chi connectivity index (χ1) is 10.1. The van der Waals surface area contributed by atoms with E-state index in [1.54, 1.807) is 0 Å². The molecule has 0 bridgehead atoms. The van der Waals surface area contributed by atoms with Crippen molar-refractivity contribution >= 4 is 5.97 Å². The van der Waals surface area contributed by atoms with Crippen LogP contribution in [0.15, 0.2) is 18.2 Å². The van der Waals surface area contributed by atoms with Crippen LogP contribution < -0.4 is 4.74 Å². The molecule has 1 aromatic carbocycles. The number of benzene rings is 1. The number of rotatable bonds is 4. The monoisotopic (exact) mass is 289 g/mol. The molecule has 4 nitrogen and oxygen atoms in total. The van der Waals surface area contributed by atoms with Crippen molar-refractivity contribution in [1.29, 1.82) is 0 Å². The standard InChI is InChI=1S/C17H23NO3/c1-12-8-15(17(19)20)11-18(10-12)6-4-13-2-3-16-14(9-13)5-7-21-16/h2-3,9,12,15H,4-8,10-11H2,1H3,(H,19,20). The molecule has 0 amide bonds. The first-order valence-electron chi connectivity index (χ1n) is 7.81. The highest BCUT2D eigenvalue weighted by Gasteiger charge is 2.29. The molecule has 2 unspecified atom stereocenters. The highest BCUT2D eigenvalue weighted by Crippen LogP contribution is 2.26. The summed E-state index contributed by atoms with van der Waals surface area (Å²) in [6.45, 7) is 5.58. The molecule has 1 aromatic rings. The van der Waals surface area contributed by atoms with Gasteiger partial charge < -0.3 is 14.7 Å². The number of fused-ring (bicyclic) bond motifs is 1. The molecule has 0 spiro atoms. The molecule has 3 rings (SSSR count). The van der Waals surface area contributed by atoms with Gasteiger partial charge in [-0.15, -0.1) is 0 Å². The van der Waals surface area contributed by atoms with Gasteiger partial charge in [0.25, 0.3) is 0 Å². The van der Waals surface area contributed by atoms with E-state index in [2.05, 4.69) is 30.0 Å². The number of carbonyl (C=O) groups is 1. The number of hydrogen-bond acceptors (Lipinski definition) is 3. The lowest BCUT2D eigenvalue weighted by Crippen LogP contribution is -2.43. The third-order valence-electron chi connectivity index (χ3n) is 4.56. The van der Waals surface area contributed by atoms with Gasteiger partial charge in [0.2, 0.25) is 0 Å². The number of piperidine rings is 1. The van der Waals surface area contributed by atoms with Crippen molar-refractivity contribution in [3.8, 4) is 5.75 Å². The van der Waals surface area contributed by atoms with Crippen LogP contribution in [0.1, 0.15) is 24.5 Å². The van der Waals surface area contributed by atoms with Crippen molar-refractivity contribution < 1.29 is 14.6 Å². The second-order valence-electron chi connectivity index (χ2n) is 6.43. The number of hydrogen-bond donors (Lipinski definition) is 1. The Balaban J connectivity index is 1.58. The molecule has 2 atom stereocenters. The van der Waals surface area contributed by atoms with Crippen LogP contribution in [0.2, 0.25) is 0 Å². The van der Waals surface area contributed by atoms with Crippen molar-refractivity contribution in [1.82, 2.24) is 4.90 Å². The molecule has 2 aliphatic heterocycles. The second-order valence-corrected chi connectivity index (χ2v) is 6.43. The zero-order chi connectivity index (χ0) is 14.8. The maximum atomic E-state index is 11.2. The molecule has 114 valence electrons. The molecule has 0 aromatic heterocycles. The summed E-state index contributed by atoms with van der Waals surface area (Å²) in [5.41, 5.74) is 2.63. The molecule has 0 saturated carbocycles. The van der Waals surface area contributed by atoms with Gasteiger partial charge in [-0.3, -0.25) is 4.79 Å². The van der Waals surface area contributed by atoms with Crippen LogP contribution in [0.25, 0.3) is 0 Å². The summed E-state index contributed by atoms with van der Waals surface area (Å²) in [5, 5.41) is 9.22. The summed E-state index contributed by atoms with van der Waals surface area (Å²) in [6.07, 6.45) is 2.79. The summed E-state index contributed by atoms with van der Waals surface area (Å²) in [5.74, 6) is 0.632. The Morgan fingerprint density at radius 1 is 1.43 bits per heavy atom. The van der Waals surface area contributed by atoms with E-state index < -0.39 is 5.97 Å². The highest BCUT2D eigenvalue weighted by molar-refractivity contribution is 5.70. The van der Waals surface area contributed by atoms with E-state index in [9.17, 15) is 9.90 Å². The zero-order valence-corrected chi connectivity index (χ0v) is 12.5. The lowest BCUT2D eigenvalue weighted by molar-refractivity contribution is -0.144. The third-order valence-corrected chi connectivity index (χ3v) is 4.56. The molecule has 0 radical (unpaired) electrons. The molecule has 1 saturated heterocycles. The molecular formula is C17H23NO3. The van der Waals surface area contributed by atoms with E-state index >= 15 is 0 Å². The lowest BCUT2D eigenvalue weighted by atomic mass is 9.90. The fourth-order valence-corrected chi connectivity index (χ4v) is 3.51. The molecule has 1 N–H and O–H groups in total. The number of nitrogens with zero attached hydrogens (tertiary/aromatic N) is 1. The predicted octanol–water partition coefficient (Wildman–Crippen LogP) is 2.21. The summed E-state index contributed by atoms with van der Waals surface area (Å²) < 4.78 is 5.53. The Morgan fingerprint density at radius 2 is 2.29 bits per heavy atom. The summed E-state index contributed by atoms with van der Waals surface area (Å²) >= 11 is 0. The Bertz CT molecular complexity index is 529. The van der Waals surface area contributed by atoms with Gasteiger partial charge in [-0.25, -0.2) is 0 Å². The summed E-state index contributed by atoms with van der Waals surface area (Å²) in [6, 6.07) is 6.44. The minimum atomic E-state index is -0.652. The van der Waals surface area contributed by atoms with Gasteiger partial charge in [0.15, 0.2) is 0 Å². The molecular weight excluding hydrogens is 266 g/mol. The van der Waals surface area contributed by atoms with Crippen molar-refractivity contribution in [2.75, 3.05) is 26.2 Å². The number of likely N-dealkylation sites (tertiary alicyclic amines) is 1. The first kappa shape index (κ1) is 14.4. The summed E-state index contributed by atoms with van der Waals surface area (Å²) in [4.78, 5) is 13.5. The average molecular weight is 289 g/mol. The van der Waals surface area contributed by atoms with E-state index in [1.165, 1.54) is 11.1 Å². The fraction of sp³-hybridized carbons (Fsp3) is 0.588. The Kier molecular flexibility index (Phi) is 4.15. The second kappa shape index (κ2) is 6.06. The van der Waals surface area contributed by atoms with Crippen LogP contribution in [0.5, 0.6) is 5.75 Å². The Morgan fingerprint density at radius 3 is 3.10 bits per heavy atom. The van der Waals surface area contributed by atoms with Crippen LogP contribution in [-0.2, 0) is 17.6 Å². The summed E-state index contributed by atoms with van der Waals surface area (Å²) in [7, 11) is 0. The van der Waals surface area contributed by atoms with E-state index in [0.29, 0.717) is 12.5 Å².